The molecule has 5 unspecified atom stereocenters. The molecule has 0 aromatic rings. The van der Waals surface area contributed by atoms with Crippen LogP contribution in [0.1, 0.15) is 32.1 Å². The van der Waals surface area contributed by atoms with Crippen LogP contribution >= 0.6 is 0 Å². The molecule has 4 rings (SSSR count). The maximum Gasteiger partial charge on any atom is 2.00 e. The molecule has 4 aliphatic rings. The summed E-state index contributed by atoms with van der Waals surface area (Å²) in [5.41, 5.74) is 1.07. The number of nitrogens with zero attached hydrogens (tertiary/aromatic N) is 2. The average molecular weight is 455 g/mol. The second-order valence-electron chi connectivity index (χ2n) is 7.31. The first-order valence-electron chi connectivity index (χ1n) is 9.41. The van der Waals surface area contributed by atoms with Crippen molar-refractivity contribution in [2.75, 3.05) is 13.1 Å². The van der Waals surface area contributed by atoms with Gasteiger partial charge in [0.1, 0.15) is 0 Å². The molecule has 8 nitrogen and oxygen atoms in total. The van der Waals surface area contributed by atoms with Gasteiger partial charge in [0.25, 0.3) is 11.9 Å². The van der Waals surface area contributed by atoms with Gasteiger partial charge < -0.3 is 31.8 Å². The molecule has 0 bridgehead atoms. The van der Waals surface area contributed by atoms with Crippen LogP contribution in [0, 0.1) is 17.8 Å². The van der Waals surface area contributed by atoms with Crippen molar-refractivity contribution in [2.45, 2.75) is 44.2 Å². The summed E-state index contributed by atoms with van der Waals surface area (Å²) in [6.07, 6.45) is 15.5. The quantitative estimate of drug-likeness (QED) is 0.604. The molecule has 2 fully saturated rings. The summed E-state index contributed by atoms with van der Waals surface area (Å²) in [4.78, 5) is 21.7. The standard InChI is InChI=1S/C10H16NO2.C10H10NO2.Co.2H2O/c2*12-10(13)9-8-4-2-1-3-7(8)5-6-11-9;;;/h7-9H,1-6H2,(H,12,13);1-5,8-9H,6H2,(H,12,13);;2*1H2/q2*-1;+2;;/p+2. The van der Waals surface area contributed by atoms with Gasteiger partial charge in [-0.15, -0.1) is 19.2 Å². The van der Waals surface area contributed by atoms with E-state index < -0.39 is 18.0 Å². The fraction of sp³-hybridized carbons (Fsp3) is 0.600. The predicted molar refractivity (Wildman–Crippen MR) is 109 cm³/mol. The van der Waals surface area contributed by atoms with E-state index in [0.29, 0.717) is 18.4 Å². The summed E-state index contributed by atoms with van der Waals surface area (Å²) in [6.45, 7) is 1.28. The molecule has 1 radical (unpaired) electrons. The Labute approximate surface area is 181 Å². The molecule has 0 amide bonds. The first kappa shape index (κ1) is 27.5. The van der Waals surface area contributed by atoms with Gasteiger partial charge in [0.15, 0.2) is 0 Å². The van der Waals surface area contributed by atoms with E-state index in [0.717, 1.165) is 25.0 Å². The Balaban J connectivity index is 0.000000490. The summed E-state index contributed by atoms with van der Waals surface area (Å²) >= 11 is 0. The van der Waals surface area contributed by atoms with Crippen molar-refractivity contribution in [3.05, 3.63) is 46.6 Å². The van der Waals surface area contributed by atoms with Crippen LogP contribution in [0.4, 0.5) is 0 Å². The average Bonchev–Trinajstić information content (AvgIpc) is 2.67. The zero-order valence-electron chi connectivity index (χ0n) is 16.3. The van der Waals surface area contributed by atoms with Gasteiger partial charge >= 0.3 is 16.8 Å². The van der Waals surface area contributed by atoms with Gasteiger partial charge in [-0.25, -0.2) is 0 Å². The molecule has 2 aliphatic carbocycles. The molecule has 0 spiro atoms. The van der Waals surface area contributed by atoms with Gasteiger partial charge in [-0.05, 0) is 35.4 Å². The third-order valence-electron chi connectivity index (χ3n) is 5.78. The number of hydrogen-bond donors (Lipinski definition) is 2. The molecule has 165 valence electrons. The van der Waals surface area contributed by atoms with Gasteiger partial charge in [-0.3, -0.25) is 9.59 Å². The van der Waals surface area contributed by atoms with Crippen molar-refractivity contribution < 1.29 is 47.5 Å². The van der Waals surface area contributed by atoms with Gasteiger partial charge in [0, 0.05) is 0 Å². The Morgan fingerprint density at radius 2 is 1.62 bits per heavy atom. The van der Waals surface area contributed by atoms with Crippen LogP contribution in [-0.4, -0.2) is 47.3 Å². The zero-order valence-corrected chi connectivity index (χ0v) is 17.4. The van der Waals surface area contributed by atoms with E-state index >= 15 is 0 Å². The number of carboxylic acid groups (broad SMARTS) is 2. The third-order valence-corrected chi connectivity index (χ3v) is 5.78. The van der Waals surface area contributed by atoms with E-state index in [2.05, 4.69) is 10.6 Å². The van der Waals surface area contributed by atoms with E-state index in [1.807, 2.05) is 30.4 Å². The second-order valence-corrected chi connectivity index (χ2v) is 7.31. The smallest absolute Gasteiger partial charge is 0.650 e. The number of aliphatic carboxylic acids is 2. The number of allylic oxidation sites excluding steroid dienone is 3. The van der Waals surface area contributed by atoms with Crippen molar-refractivity contribution in [1.29, 1.82) is 0 Å². The number of carboxylic acids is 2. The van der Waals surface area contributed by atoms with Gasteiger partial charge in [-0.1, -0.05) is 56.4 Å². The molecule has 8 N–H and O–H groups in total. The Morgan fingerprint density at radius 3 is 2.31 bits per heavy atom. The molecule has 9 heteroatoms. The SMILES string of the molecule is O=C(O)C1[N-]CC=C2C=CC=CC21.O=C(O)C1[N-]CCC2CCCCC21.[Co+2].[OH3+].[OH3+]. The van der Waals surface area contributed by atoms with Crippen LogP contribution in [0.15, 0.2) is 36.0 Å². The molecule has 29 heavy (non-hydrogen) atoms. The topological polar surface area (TPSA) is 169 Å². The zero-order chi connectivity index (χ0) is 18.5. The van der Waals surface area contributed by atoms with Crippen molar-refractivity contribution in [1.82, 2.24) is 0 Å². The minimum Gasteiger partial charge on any atom is -0.650 e. The Bertz CT molecular complexity index is 634. The van der Waals surface area contributed by atoms with E-state index in [1.54, 1.807) is 0 Å². The van der Waals surface area contributed by atoms with Crippen LogP contribution in [0.5, 0.6) is 0 Å². The summed E-state index contributed by atoms with van der Waals surface area (Å²) in [5, 5.41) is 26.1. The Morgan fingerprint density at radius 1 is 0.931 bits per heavy atom. The van der Waals surface area contributed by atoms with E-state index in [-0.39, 0.29) is 39.7 Å². The van der Waals surface area contributed by atoms with E-state index in [4.69, 9.17) is 10.2 Å². The minimum absolute atomic E-state index is 0. The first-order chi connectivity index (χ1) is 12.6. The summed E-state index contributed by atoms with van der Waals surface area (Å²) < 4.78 is 0. The first-order valence-corrected chi connectivity index (χ1v) is 9.41. The molecular weight excluding hydrogens is 423 g/mol. The fourth-order valence-electron chi connectivity index (χ4n) is 4.47. The van der Waals surface area contributed by atoms with Crippen molar-refractivity contribution in [3.8, 4) is 0 Å². The van der Waals surface area contributed by atoms with Crippen molar-refractivity contribution >= 4 is 11.9 Å². The largest absolute Gasteiger partial charge is 2.00 e. The third kappa shape index (κ3) is 6.77. The number of piperidine rings is 1. The molecule has 2 heterocycles. The molecule has 0 aromatic carbocycles. The van der Waals surface area contributed by atoms with Crippen molar-refractivity contribution in [2.24, 2.45) is 17.8 Å². The Hall–Kier alpha value is -1.49. The number of rotatable bonds is 2. The number of hydrogen-bond acceptors (Lipinski definition) is 2. The van der Waals surface area contributed by atoms with Gasteiger partial charge in [-0.2, -0.15) is 0 Å². The maximum atomic E-state index is 10.9. The van der Waals surface area contributed by atoms with Crippen LogP contribution < -0.4 is 0 Å². The molecule has 1 saturated carbocycles. The molecular formula is C20H32CoN2O6+2. The normalized spacial score (nSPS) is 31.6. The summed E-state index contributed by atoms with van der Waals surface area (Å²) in [7, 11) is 0. The molecule has 2 aliphatic heterocycles. The van der Waals surface area contributed by atoms with Crippen LogP contribution in [0.3, 0.4) is 0 Å². The second kappa shape index (κ2) is 12.9. The van der Waals surface area contributed by atoms with Gasteiger partial charge in [0.2, 0.25) is 0 Å². The minimum atomic E-state index is -0.837. The number of carbonyl (C=O) groups is 2. The molecule has 5 atom stereocenters. The van der Waals surface area contributed by atoms with E-state index in [9.17, 15) is 9.59 Å². The van der Waals surface area contributed by atoms with Crippen LogP contribution in [0.25, 0.3) is 10.6 Å². The van der Waals surface area contributed by atoms with Crippen LogP contribution in [-0.2, 0) is 37.3 Å². The number of fused-ring (bicyclic) bond motifs is 2. The van der Waals surface area contributed by atoms with Gasteiger partial charge in [0.05, 0.1) is 0 Å². The molecule has 0 aromatic heterocycles. The summed E-state index contributed by atoms with van der Waals surface area (Å²) in [6, 6.07) is -0.986. The fourth-order valence-corrected chi connectivity index (χ4v) is 4.47. The van der Waals surface area contributed by atoms with Crippen molar-refractivity contribution in [3.63, 3.8) is 0 Å². The van der Waals surface area contributed by atoms with E-state index in [1.165, 1.54) is 19.3 Å². The maximum absolute atomic E-state index is 10.9. The monoisotopic (exact) mass is 455 g/mol. The van der Waals surface area contributed by atoms with Crippen LogP contribution in [0.2, 0.25) is 0 Å². The Kier molecular flexibility index (Phi) is 12.3. The molecule has 1 saturated heterocycles. The predicted octanol–water partition coefficient (Wildman–Crippen LogP) is 1.67. The summed E-state index contributed by atoms with van der Waals surface area (Å²) in [5.74, 6) is -0.615.